The van der Waals surface area contributed by atoms with E-state index in [1.807, 2.05) is 6.92 Å². The van der Waals surface area contributed by atoms with E-state index < -0.39 is 5.41 Å². The summed E-state index contributed by atoms with van der Waals surface area (Å²) in [5, 5.41) is 3.58. The van der Waals surface area contributed by atoms with Crippen LogP contribution in [-0.2, 0) is 4.79 Å². The number of hydrogen-bond acceptors (Lipinski definition) is 2. The quantitative estimate of drug-likeness (QED) is 0.635. The number of carbonyl (C=O) groups is 1. The molecule has 1 amide bonds. The van der Waals surface area contributed by atoms with Crippen LogP contribution in [0.3, 0.4) is 0 Å². The van der Waals surface area contributed by atoms with Crippen LogP contribution >= 0.6 is 47.0 Å². The predicted octanol–water partition coefficient (Wildman–Crippen LogP) is 4.29. The molecular formula is C12H13Cl3N2OS. The van der Waals surface area contributed by atoms with Gasteiger partial charge in [0.05, 0.1) is 31.2 Å². The molecule has 0 bridgehead atoms. The fourth-order valence-corrected chi connectivity index (χ4v) is 2.16. The second kappa shape index (κ2) is 6.27. The second-order valence-electron chi connectivity index (χ2n) is 4.25. The molecule has 0 radical (unpaired) electrons. The van der Waals surface area contributed by atoms with E-state index >= 15 is 0 Å². The van der Waals surface area contributed by atoms with Crippen molar-refractivity contribution >= 4 is 63.6 Å². The first-order chi connectivity index (χ1) is 8.72. The molecule has 0 saturated carbocycles. The zero-order chi connectivity index (χ0) is 14.8. The molecule has 0 aliphatic carbocycles. The number of thiocarbonyl (C=S) groups is 1. The summed E-state index contributed by atoms with van der Waals surface area (Å²) >= 11 is 22.6. The van der Waals surface area contributed by atoms with Gasteiger partial charge in [0.2, 0.25) is 5.91 Å². The first-order valence-corrected chi connectivity index (χ1v) is 7.02. The molecule has 1 unspecified atom stereocenters. The van der Waals surface area contributed by atoms with Gasteiger partial charge in [-0.25, -0.2) is 0 Å². The largest absolute Gasteiger partial charge is 0.392 e. The Morgan fingerprint density at radius 1 is 1.32 bits per heavy atom. The van der Waals surface area contributed by atoms with E-state index in [1.165, 1.54) is 12.1 Å². The number of carbonyl (C=O) groups excluding carboxylic acids is 1. The summed E-state index contributed by atoms with van der Waals surface area (Å²) in [6.45, 7) is 3.51. The molecule has 0 saturated heterocycles. The van der Waals surface area contributed by atoms with Crippen LogP contribution in [-0.4, -0.2) is 10.9 Å². The van der Waals surface area contributed by atoms with Crippen LogP contribution in [0.15, 0.2) is 12.1 Å². The van der Waals surface area contributed by atoms with Crippen molar-refractivity contribution in [2.24, 2.45) is 11.1 Å². The summed E-state index contributed by atoms with van der Waals surface area (Å²) in [6.07, 6.45) is 0.479. The molecular weight excluding hydrogens is 327 g/mol. The van der Waals surface area contributed by atoms with Gasteiger partial charge in [0, 0.05) is 0 Å². The van der Waals surface area contributed by atoms with Crippen LogP contribution in [0.4, 0.5) is 5.69 Å². The average molecular weight is 340 g/mol. The highest BCUT2D eigenvalue weighted by molar-refractivity contribution is 7.80. The summed E-state index contributed by atoms with van der Waals surface area (Å²) in [4.78, 5) is 12.4. The third-order valence-corrected chi connectivity index (χ3v) is 4.50. The number of amides is 1. The van der Waals surface area contributed by atoms with Crippen molar-refractivity contribution in [2.75, 3.05) is 5.32 Å². The fourth-order valence-electron chi connectivity index (χ4n) is 1.33. The lowest BCUT2D eigenvalue weighted by Gasteiger charge is -2.25. The lowest BCUT2D eigenvalue weighted by molar-refractivity contribution is -0.121. The molecule has 1 aromatic carbocycles. The number of nitrogens with two attached hydrogens (primary N) is 1. The van der Waals surface area contributed by atoms with Crippen LogP contribution < -0.4 is 11.1 Å². The zero-order valence-electron chi connectivity index (χ0n) is 10.4. The zero-order valence-corrected chi connectivity index (χ0v) is 13.5. The first kappa shape index (κ1) is 16.5. The van der Waals surface area contributed by atoms with E-state index in [9.17, 15) is 4.79 Å². The standard InChI is InChI=1S/C12H13Cl3N2OS/c1-3-12(2,10(16)19)11(18)17-9-5-7(14)6(13)4-8(9)15/h4-5H,3H2,1-2H3,(H2,16,19)(H,17,18). The molecule has 7 heteroatoms. The van der Waals surface area contributed by atoms with Crippen molar-refractivity contribution in [3.63, 3.8) is 0 Å². The Morgan fingerprint density at radius 2 is 1.84 bits per heavy atom. The highest BCUT2D eigenvalue weighted by Gasteiger charge is 2.34. The number of rotatable bonds is 4. The molecule has 0 heterocycles. The van der Waals surface area contributed by atoms with Crippen molar-refractivity contribution < 1.29 is 4.79 Å². The van der Waals surface area contributed by atoms with Gasteiger partial charge in [0.25, 0.3) is 0 Å². The van der Waals surface area contributed by atoms with E-state index in [0.29, 0.717) is 27.2 Å². The van der Waals surface area contributed by atoms with Crippen LogP contribution in [0.2, 0.25) is 15.1 Å². The second-order valence-corrected chi connectivity index (χ2v) is 5.91. The lowest BCUT2D eigenvalue weighted by atomic mass is 9.86. The Balaban J connectivity index is 3.06. The maximum absolute atomic E-state index is 12.2. The summed E-state index contributed by atoms with van der Waals surface area (Å²) in [7, 11) is 0. The van der Waals surface area contributed by atoms with Crippen molar-refractivity contribution in [3.8, 4) is 0 Å². The number of benzene rings is 1. The van der Waals surface area contributed by atoms with Crippen LogP contribution in [0, 0.1) is 5.41 Å². The molecule has 1 rings (SSSR count). The first-order valence-electron chi connectivity index (χ1n) is 5.48. The Kier molecular flexibility index (Phi) is 5.44. The van der Waals surface area contributed by atoms with Gasteiger partial charge in [-0.2, -0.15) is 0 Å². The average Bonchev–Trinajstić information content (AvgIpc) is 2.34. The van der Waals surface area contributed by atoms with Crippen LogP contribution in [0.1, 0.15) is 20.3 Å². The molecule has 1 atom stereocenters. The van der Waals surface area contributed by atoms with Crippen molar-refractivity contribution in [1.82, 2.24) is 0 Å². The van der Waals surface area contributed by atoms with E-state index in [2.05, 4.69) is 5.32 Å². The third kappa shape index (κ3) is 3.51. The smallest absolute Gasteiger partial charge is 0.237 e. The van der Waals surface area contributed by atoms with Gasteiger partial charge < -0.3 is 11.1 Å². The summed E-state index contributed by atoms with van der Waals surface area (Å²) in [6, 6.07) is 2.95. The fraction of sp³-hybridized carbons (Fsp3) is 0.333. The monoisotopic (exact) mass is 338 g/mol. The van der Waals surface area contributed by atoms with Gasteiger partial charge >= 0.3 is 0 Å². The van der Waals surface area contributed by atoms with Gasteiger partial charge in [-0.1, -0.05) is 53.9 Å². The maximum Gasteiger partial charge on any atom is 0.237 e. The summed E-state index contributed by atoms with van der Waals surface area (Å²) < 4.78 is 0. The predicted molar refractivity (Wildman–Crippen MR) is 85.3 cm³/mol. The van der Waals surface area contributed by atoms with Crippen molar-refractivity contribution in [1.29, 1.82) is 0 Å². The minimum absolute atomic E-state index is 0.128. The van der Waals surface area contributed by atoms with E-state index in [1.54, 1.807) is 6.92 Å². The molecule has 0 fully saturated rings. The Hall–Kier alpha value is -0.550. The Labute approximate surface area is 132 Å². The Morgan fingerprint density at radius 3 is 2.32 bits per heavy atom. The number of hydrogen-bond donors (Lipinski definition) is 2. The molecule has 3 nitrogen and oxygen atoms in total. The number of halogens is 3. The van der Waals surface area contributed by atoms with Gasteiger partial charge in [-0.15, -0.1) is 0 Å². The third-order valence-electron chi connectivity index (χ3n) is 3.01. The number of anilines is 1. The topological polar surface area (TPSA) is 55.1 Å². The SMILES string of the molecule is CCC(C)(C(=O)Nc1cc(Cl)c(Cl)cc1Cl)C(N)=S. The van der Waals surface area contributed by atoms with E-state index in [-0.39, 0.29) is 10.9 Å². The van der Waals surface area contributed by atoms with Crippen LogP contribution in [0.5, 0.6) is 0 Å². The lowest BCUT2D eigenvalue weighted by Crippen LogP contribution is -2.43. The molecule has 0 aliphatic heterocycles. The number of nitrogens with one attached hydrogen (secondary N) is 1. The highest BCUT2D eigenvalue weighted by Crippen LogP contribution is 2.33. The summed E-state index contributed by atoms with van der Waals surface area (Å²) in [5.41, 5.74) is 5.05. The minimum atomic E-state index is -0.940. The molecule has 19 heavy (non-hydrogen) atoms. The summed E-state index contributed by atoms with van der Waals surface area (Å²) in [5.74, 6) is -0.331. The normalized spacial score (nSPS) is 13.7. The van der Waals surface area contributed by atoms with Gasteiger partial charge in [0.15, 0.2) is 0 Å². The Bertz CT molecular complexity index is 536. The van der Waals surface area contributed by atoms with Gasteiger partial charge in [-0.3, -0.25) is 4.79 Å². The highest BCUT2D eigenvalue weighted by atomic mass is 35.5. The molecule has 1 aromatic rings. The van der Waals surface area contributed by atoms with E-state index in [0.717, 1.165) is 0 Å². The van der Waals surface area contributed by atoms with E-state index in [4.69, 9.17) is 52.8 Å². The molecule has 104 valence electrons. The molecule has 0 aromatic heterocycles. The van der Waals surface area contributed by atoms with Gasteiger partial charge in [0.1, 0.15) is 0 Å². The van der Waals surface area contributed by atoms with Crippen molar-refractivity contribution in [2.45, 2.75) is 20.3 Å². The minimum Gasteiger partial charge on any atom is -0.392 e. The molecule has 0 aliphatic rings. The maximum atomic E-state index is 12.2. The van der Waals surface area contributed by atoms with Crippen molar-refractivity contribution in [3.05, 3.63) is 27.2 Å². The van der Waals surface area contributed by atoms with Gasteiger partial charge in [-0.05, 0) is 25.5 Å². The van der Waals surface area contributed by atoms with Crippen LogP contribution in [0.25, 0.3) is 0 Å². The molecule has 0 spiro atoms. The molecule has 3 N–H and O–H groups in total.